The van der Waals surface area contributed by atoms with Crippen LogP contribution in [0.15, 0.2) is 0 Å². The molecular formula is HClNOP. The van der Waals surface area contributed by atoms with Crippen LogP contribution in [0.1, 0.15) is 0 Å². The predicted molar refractivity (Wildman–Crippen MR) is 16.6 cm³/mol. The van der Waals surface area contributed by atoms with Crippen molar-refractivity contribution in [1.29, 1.82) is 0 Å². The summed E-state index contributed by atoms with van der Waals surface area (Å²) >= 11 is 4.61. The van der Waals surface area contributed by atoms with Crippen molar-refractivity contribution in [1.82, 2.24) is 4.61 Å². The van der Waals surface area contributed by atoms with Gasteiger partial charge < -0.3 is 0 Å². The number of rotatable bonds is 1. The van der Waals surface area contributed by atoms with Crippen LogP contribution < -0.4 is 4.61 Å². The van der Waals surface area contributed by atoms with Crippen molar-refractivity contribution in [2.45, 2.75) is 0 Å². The Hall–Kier alpha value is 0.350. The first-order valence-corrected chi connectivity index (χ1v) is 1.79. The molecule has 0 saturated heterocycles. The van der Waals surface area contributed by atoms with Gasteiger partial charge in [0.1, 0.15) is 0 Å². The van der Waals surface area contributed by atoms with Crippen molar-refractivity contribution in [3.05, 3.63) is 0 Å². The molecule has 0 atom stereocenters. The third-order valence-corrected chi connectivity index (χ3v) is 0.311. The predicted octanol–water partition coefficient (Wildman–Crippen LogP) is 0.936. The van der Waals surface area contributed by atoms with E-state index in [0.717, 1.165) is 0 Å². The Balaban J connectivity index is 2.30. The monoisotopic (exact) mass is 96.9 g/mol. The van der Waals surface area contributed by atoms with E-state index in [0.29, 0.717) is 0 Å². The Kier molecular flexibility index (Phi) is 3.64. The highest BCUT2D eigenvalue weighted by Crippen LogP contribution is 1.77. The maximum Gasteiger partial charge on any atom is 0.261 e. The standard InChI is InChI=1S/ClHNOP/c1-2-4-3/h(H,2,3). The van der Waals surface area contributed by atoms with Crippen LogP contribution in [0.2, 0.25) is 0 Å². The molecule has 0 unspecified atom stereocenters. The van der Waals surface area contributed by atoms with Crippen molar-refractivity contribution >= 4 is 20.4 Å². The minimum absolute atomic E-state index is 0.236. The fourth-order valence-electron chi connectivity index (χ4n) is 0. The lowest BCUT2D eigenvalue weighted by Gasteiger charge is -1.53. The normalized spacial score (nSPS) is 8.25. The number of nitrogens with one attached hydrogen (secondary N) is 1. The Morgan fingerprint density at radius 1 is 2.00 bits per heavy atom. The van der Waals surface area contributed by atoms with E-state index in [1.807, 2.05) is 4.61 Å². The lowest BCUT2D eigenvalue weighted by Crippen LogP contribution is -1.61. The summed E-state index contributed by atoms with van der Waals surface area (Å²) in [5.41, 5.74) is 0. The highest BCUT2D eigenvalue weighted by atomic mass is 35.5. The second-order valence-corrected chi connectivity index (χ2v) is 1.03. The second kappa shape index (κ2) is 3.35. The lowest BCUT2D eigenvalue weighted by atomic mass is 13.9. The maximum absolute atomic E-state index is 9.03. The largest absolute Gasteiger partial charge is 0.261 e. The van der Waals surface area contributed by atoms with Gasteiger partial charge in [0, 0.05) is 0 Å². The van der Waals surface area contributed by atoms with Gasteiger partial charge in [-0.05, 0) is 11.8 Å². The molecule has 0 heterocycles. The van der Waals surface area contributed by atoms with E-state index in [1.165, 1.54) is 0 Å². The molecule has 0 rings (SSSR count). The first-order valence-electron chi connectivity index (χ1n) is 0.595. The third-order valence-electron chi connectivity index (χ3n) is 0.0345. The molecule has 0 radical (unpaired) electrons. The molecule has 0 aliphatic heterocycles. The van der Waals surface area contributed by atoms with Gasteiger partial charge in [0.25, 0.3) is 8.61 Å². The summed E-state index contributed by atoms with van der Waals surface area (Å²) in [7, 11) is -0.236. The van der Waals surface area contributed by atoms with Crippen molar-refractivity contribution in [3.63, 3.8) is 0 Å². The first kappa shape index (κ1) is 4.35. The summed E-state index contributed by atoms with van der Waals surface area (Å²) in [5, 5.41) is 0. The number of hydrogen-bond acceptors (Lipinski definition) is 1. The van der Waals surface area contributed by atoms with Gasteiger partial charge in [-0.2, -0.15) is 0 Å². The number of hydrogen-bond donors (Lipinski definition) is 1. The van der Waals surface area contributed by atoms with Crippen LogP contribution in [-0.2, 0) is 4.57 Å². The Labute approximate surface area is 30.5 Å². The topological polar surface area (TPSA) is 29.1 Å². The molecule has 0 spiro atoms. The Morgan fingerprint density at radius 2 is 2.25 bits per heavy atom. The second-order valence-electron chi connectivity index (χ2n) is 0.176. The van der Waals surface area contributed by atoms with Gasteiger partial charge in [0.15, 0.2) is 0 Å². The first-order chi connectivity index (χ1) is 1.91. The molecule has 0 amide bonds. The van der Waals surface area contributed by atoms with Crippen molar-refractivity contribution in [2.75, 3.05) is 0 Å². The highest BCUT2D eigenvalue weighted by Gasteiger charge is 1.52. The van der Waals surface area contributed by atoms with Crippen LogP contribution in [0, 0.1) is 0 Å². The molecule has 2 nitrogen and oxygen atoms in total. The van der Waals surface area contributed by atoms with E-state index < -0.39 is 0 Å². The van der Waals surface area contributed by atoms with Gasteiger partial charge in [-0.1, -0.05) is 0 Å². The smallest absolute Gasteiger partial charge is 0.255 e. The zero-order valence-electron chi connectivity index (χ0n) is 1.73. The van der Waals surface area contributed by atoms with Gasteiger partial charge in [0.05, 0.1) is 0 Å². The average Bonchev–Trinajstić information content (AvgIpc) is 1.37. The van der Waals surface area contributed by atoms with Crippen LogP contribution >= 0.6 is 20.4 Å². The molecule has 0 fully saturated rings. The van der Waals surface area contributed by atoms with Crippen molar-refractivity contribution < 1.29 is 4.57 Å². The van der Waals surface area contributed by atoms with E-state index in [9.17, 15) is 0 Å². The zero-order valence-corrected chi connectivity index (χ0v) is 3.38. The Morgan fingerprint density at radius 3 is 2.25 bits per heavy atom. The van der Waals surface area contributed by atoms with Crippen LogP contribution in [0.25, 0.3) is 0 Å². The summed E-state index contributed by atoms with van der Waals surface area (Å²) in [6, 6.07) is 0. The van der Waals surface area contributed by atoms with Gasteiger partial charge in [0.2, 0.25) is 0 Å². The van der Waals surface area contributed by atoms with Crippen LogP contribution in [-0.4, -0.2) is 0 Å². The molecule has 0 aromatic rings. The van der Waals surface area contributed by atoms with Crippen LogP contribution in [0.4, 0.5) is 0 Å². The minimum atomic E-state index is -0.236. The Bertz CT molecular complexity index is 22.0. The number of halogens is 1. The summed E-state index contributed by atoms with van der Waals surface area (Å²) in [4.78, 5) is 0. The molecule has 4 heavy (non-hydrogen) atoms. The van der Waals surface area contributed by atoms with E-state index in [4.69, 9.17) is 4.57 Å². The molecular weight excluding hydrogens is 96.4 g/mol. The highest BCUT2D eigenvalue weighted by molar-refractivity contribution is 7.23. The van der Waals surface area contributed by atoms with Gasteiger partial charge >= 0.3 is 0 Å². The summed E-state index contributed by atoms with van der Waals surface area (Å²) < 4.78 is 10.8. The summed E-state index contributed by atoms with van der Waals surface area (Å²) in [6.45, 7) is 0. The minimum Gasteiger partial charge on any atom is -0.255 e. The van der Waals surface area contributed by atoms with Crippen LogP contribution in [0.5, 0.6) is 0 Å². The van der Waals surface area contributed by atoms with Gasteiger partial charge in [-0.15, -0.1) is 4.61 Å². The van der Waals surface area contributed by atoms with Gasteiger partial charge in [-0.3, -0.25) is 4.57 Å². The summed E-state index contributed by atoms with van der Waals surface area (Å²) in [5.74, 6) is 0. The molecule has 0 bridgehead atoms. The van der Waals surface area contributed by atoms with E-state index in [-0.39, 0.29) is 8.61 Å². The SMILES string of the molecule is O=PNCl. The summed E-state index contributed by atoms with van der Waals surface area (Å²) in [6.07, 6.45) is 0. The van der Waals surface area contributed by atoms with E-state index >= 15 is 0 Å². The molecule has 4 heteroatoms. The zero-order chi connectivity index (χ0) is 3.41. The molecule has 0 aliphatic carbocycles. The quantitative estimate of drug-likeness (QED) is 0.390. The lowest BCUT2D eigenvalue weighted by molar-refractivity contribution is 0.597. The molecule has 0 aromatic carbocycles. The van der Waals surface area contributed by atoms with E-state index in [2.05, 4.69) is 11.8 Å². The molecule has 0 aliphatic rings. The molecule has 24 valence electrons. The molecule has 0 saturated carbocycles. The fraction of sp³-hybridized carbons (Fsp3) is 0. The van der Waals surface area contributed by atoms with Crippen LogP contribution in [0.3, 0.4) is 0 Å². The fourth-order valence-corrected chi connectivity index (χ4v) is 0. The third kappa shape index (κ3) is 2.35. The van der Waals surface area contributed by atoms with Gasteiger partial charge in [-0.25, -0.2) is 0 Å². The molecule has 0 aromatic heterocycles. The molecule has 1 N–H and O–H groups in total. The average molecular weight is 97.4 g/mol. The van der Waals surface area contributed by atoms with Crippen molar-refractivity contribution in [2.24, 2.45) is 0 Å². The van der Waals surface area contributed by atoms with Crippen molar-refractivity contribution in [3.8, 4) is 0 Å². The van der Waals surface area contributed by atoms with E-state index in [1.54, 1.807) is 0 Å². The maximum atomic E-state index is 9.03.